The van der Waals surface area contributed by atoms with Crippen molar-refractivity contribution in [2.75, 3.05) is 19.7 Å². The van der Waals surface area contributed by atoms with Crippen molar-refractivity contribution in [3.63, 3.8) is 0 Å². The average molecular weight is 391 g/mol. The lowest BCUT2D eigenvalue weighted by Gasteiger charge is -2.28. The van der Waals surface area contributed by atoms with Crippen molar-refractivity contribution in [3.05, 3.63) is 60.2 Å². The van der Waals surface area contributed by atoms with E-state index in [0.29, 0.717) is 12.4 Å². The second kappa shape index (κ2) is 9.53. The Morgan fingerprint density at radius 3 is 2.30 bits per heavy atom. The monoisotopic (exact) mass is 390 g/mol. The van der Waals surface area contributed by atoms with E-state index in [0.717, 1.165) is 5.56 Å². The van der Waals surface area contributed by atoms with Crippen molar-refractivity contribution >= 4 is 15.9 Å². The number of sulfonamides is 1. The summed E-state index contributed by atoms with van der Waals surface area (Å²) in [6.07, 6.45) is 0. The molecule has 0 saturated carbocycles. The molecule has 146 valence electrons. The van der Waals surface area contributed by atoms with Crippen LogP contribution in [0.3, 0.4) is 0 Å². The summed E-state index contributed by atoms with van der Waals surface area (Å²) in [5, 5.41) is 0. The molecule has 0 aliphatic rings. The summed E-state index contributed by atoms with van der Waals surface area (Å²) in [5.41, 5.74) is 1.00. The molecule has 2 aromatic carbocycles. The molecule has 0 heterocycles. The lowest BCUT2D eigenvalue weighted by molar-refractivity contribution is -0.130. The first-order chi connectivity index (χ1) is 12.8. The highest BCUT2D eigenvalue weighted by atomic mass is 32.2. The molecule has 2 aromatic rings. The highest BCUT2D eigenvalue weighted by Crippen LogP contribution is 2.20. The molecular formula is C20H26N2O4S. The predicted molar refractivity (Wildman–Crippen MR) is 105 cm³/mol. The van der Waals surface area contributed by atoms with Crippen molar-refractivity contribution in [3.8, 4) is 5.75 Å². The van der Waals surface area contributed by atoms with Gasteiger partial charge in [-0.05, 0) is 43.7 Å². The summed E-state index contributed by atoms with van der Waals surface area (Å²) >= 11 is 0. The molecule has 6 nitrogen and oxygen atoms in total. The van der Waals surface area contributed by atoms with Crippen LogP contribution < -0.4 is 9.46 Å². The molecule has 0 spiro atoms. The fourth-order valence-electron chi connectivity index (χ4n) is 2.80. The molecule has 1 atom stereocenters. The maximum Gasteiger partial charge on any atom is 0.240 e. The number of nitrogens with zero attached hydrogens (tertiary/aromatic N) is 1. The molecule has 0 aliphatic heterocycles. The Morgan fingerprint density at radius 1 is 1.11 bits per heavy atom. The van der Waals surface area contributed by atoms with Gasteiger partial charge in [-0.3, -0.25) is 4.79 Å². The Kier molecular flexibility index (Phi) is 7.38. The number of ether oxygens (including phenoxy) is 1. The Balaban J connectivity index is 2.00. The Bertz CT molecular complexity index is 836. The zero-order valence-electron chi connectivity index (χ0n) is 15.9. The van der Waals surface area contributed by atoms with Gasteiger partial charge in [0.15, 0.2) is 0 Å². The SMILES string of the molecule is CCOc1ccc(S(=O)(=O)NCCN(C(C)=O)C(C)c2ccccc2)cc1. The number of hydrogen-bond donors (Lipinski definition) is 1. The fourth-order valence-corrected chi connectivity index (χ4v) is 3.82. The Labute approximate surface area is 161 Å². The molecule has 0 radical (unpaired) electrons. The molecule has 2 rings (SSSR count). The number of nitrogens with one attached hydrogen (secondary N) is 1. The minimum absolute atomic E-state index is 0.105. The predicted octanol–water partition coefficient (Wildman–Crippen LogP) is 2.97. The van der Waals surface area contributed by atoms with E-state index in [1.165, 1.54) is 19.1 Å². The van der Waals surface area contributed by atoms with Crippen LogP contribution in [0.15, 0.2) is 59.5 Å². The van der Waals surface area contributed by atoms with Crippen LogP contribution in [-0.4, -0.2) is 38.9 Å². The van der Waals surface area contributed by atoms with Crippen molar-refractivity contribution in [1.29, 1.82) is 0 Å². The number of carbonyl (C=O) groups excluding carboxylic acids is 1. The van der Waals surface area contributed by atoms with Crippen LogP contribution in [0.25, 0.3) is 0 Å². The highest BCUT2D eigenvalue weighted by Gasteiger charge is 2.20. The van der Waals surface area contributed by atoms with Gasteiger partial charge in [0.25, 0.3) is 0 Å². The molecular weight excluding hydrogens is 364 g/mol. The second-order valence-electron chi connectivity index (χ2n) is 6.10. The minimum Gasteiger partial charge on any atom is -0.494 e. The second-order valence-corrected chi connectivity index (χ2v) is 7.87. The van der Waals surface area contributed by atoms with Crippen LogP contribution in [0.1, 0.15) is 32.4 Å². The summed E-state index contributed by atoms with van der Waals surface area (Å²) in [4.78, 5) is 13.8. The third-order valence-electron chi connectivity index (χ3n) is 4.24. The molecule has 0 bridgehead atoms. The van der Waals surface area contributed by atoms with Crippen LogP contribution in [0, 0.1) is 0 Å². The number of rotatable bonds is 9. The normalized spacial score (nSPS) is 12.4. The van der Waals surface area contributed by atoms with E-state index < -0.39 is 10.0 Å². The zero-order valence-corrected chi connectivity index (χ0v) is 16.7. The summed E-state index contributed by atoms with van der Waals surface area (Å²) in [6.45, 7) is 6.21. The topological polar surface area (TPSA) is 75.7 Å². The quantitative estimate of drug-likeness (QED) is 0.714. The highest BCUT2D eigenvalue weighted by molar-refractivity contribution is 7.89. The van der Waals surface area contributed by atoms with Crippen LogP contribution in [0.2, 0.25) is 0 Å². The summed E-state index contributed by atoms with van der Waals surface area (Å²) in [5.74, 6) is 0.516. The van der Waals surface area contributed by atoms with Gasteiger partial charge in [0.1, 0.15) is 5.75 Å². The Morgan fingerprint density at radius 2 is 1.74 bits per heavy atom. The van der Waals surface area contributed by atoms with Crippen LogP contribution >= 0.6 is 0 Å². The van der Waals surface area contributed by atoms with Gasteiger partial charge >= 0.3 is 0 Å². The summed E-state index contributed by atoms with van der Waals surface area (Å²) in [6, 6.07) is 15.8. The molecule has 0 aliphatic carbocycles. The van der Waals surface area contributed by atoms with Crippen molar-refractivity contribution in [2.45, 2.75) is 31.7 Å². The third kappa shape index (κ3) is 5.80. The fraction of sp³-hybridized carbons (Fsp3) is 0.350. The average Bonchev–Trinajstić information content (AvgIpc) is 2.66. The largest absolute Gasteiger partial charge is 0.494 e. The Hall–Kier alpha value is -2.38. The standard InChI is InChI=1S/C20H26N2O4S/c1-4-26-19-10-12-20(13-11-19)27(24,25)21-14-15-22(17(3)23)16(2)18-8-6-5-7-9-18/h5-13,16,21H,4,14-15H2,1-3H3. The molecule has 1 unspecified atom stereocenters. The van der Waals surface area contributed by atoms with Gasteiger partial charge in [0, 0.05) is 20.0 Å². The first-order valence-electron chi connectivity index (χ1n) is 8.90. The van der Waals surface area contributed by atoms with Gasteiger partial charge in [-0.2, -0.15) is 0 Å². The molecule has 0 saturated heterocycles. The van der Waals surface area contributed by atoms with E-state index in [1.807, 2.05) is 44.2 Å². The molecule has 1 N–H and O–H groups in total. The number of amides is 1. The first kappa shape index (κ1) is 20.9. The van der Waals surface area contributed by atoms with Gasteiger partial charge < -0.3 is 9.64 Å². The van der Waals surface area contributed by atoms with Crippen LogP contribution in [0.4, 0.5) is 0 Å². The van der Waals surface area contributed by atoms with E-state index in [2.05, 4.69) is 4.72 Å². The molecule has 0 aromatic heterocycles. The van der Waals surface area contributed by atoms with E-state index in [-0.39, 0.29) is 29.9 Å². The zero-order chi connectivity index (χ0) is 19.9. The molecule has 0 fully saturated rings. The number of benzene rings is 2. The van der Waals surface area contributed by atoms with Gasteiger partial charge in [0.2, 0.25) is 15.9 Å². The maximum absolute atomic E-state index is 12.4. The molecule has 27 heavy (non-hydrogen) atoms. The first-order valence-corrected chi connectivity index (χ1v) is 10.4. The lowest BCUT2D eigenvalue weighted by atomic mass is 10.1. The van der Waals surface area contributed by atoms with Gasteiger partial charge in [-0.1, -0.05) is 30.3 Å². The maximum atomic E-state index is 12.4. The van der Waals surface area contributed by atoms with Crippen LogP contribution in [0.5, 0.6) is 5.75 Å². The smallest absolute Gasteiger partial charge is 0.240 e. The number of hydrogen-bond acceptors (Lipinski definition) is 4. The van der Waals surface area contributed by atoms with Gasteiger partial charge in [0.05, 0.1) is 17.5 Å². The van der Waals surface area contributed by atoms with Crippen LogP contribution in [-0.2, 0) is 14.8 Å². The van der Waals surface area contributed by atoms with E-state index in [1.54, 1.807) is 17.0 Å². The summed E-state index contributed by atoms with van der Waals surface area (Å²) in [7, 11) is -3.65. The van der Waals surface area contributed by atoms with E-state index >= 15 is 0 Å². The molecule has 1 amide bonds. The molecule has 7 heteroatoms. The number of carbonyl (C=O) groups is 1. The minimum atomic E-state index is -3.65. The lowest BCUT2D eigenvalue weighted by Crippen LogP contribution is -2.39. The van der Waals surface area contributed by atoms with Gasteiger partial charge in [-0.25, -0.2) is 13.1 Å². The van der Waals surface area contributed by atoms with E-state index in [4.69, 9.17) is 4.74 Å². The van der Waals surface area contributed by atoms with Crippen molar-refractivity contribution in [2.24, 2.45) is 0 Å². The van der Waals surface area contributed by atoms with Gasteiger partial charge in [-0.15, -0.1) is 0 Å². The van der Waals surface area contributed by atoms with E-state index in [9.17, 15) is 13.2 Å². The van der Waals surface area contributed by atoms with Crippen molar-refractivity contribution in [1.82, 2.24) is 9.62 Å². The summed E-state index contributed by atoms with van der Waals surface area (Å²) < 4.78 is 32.8. The third-order valence-corrected chi connectivity index (χ3v) is 5.72. The van der Waals surface area contributed by atoms with Crippen molar-refractivity contribution < 1.29 is 17.9 Å².